The fourth-order valence-electron chi connectivity index (χ4n) is 2.36. The maximum atomic E-state index is 12.3. The molecule has 21 heavy (non-hydrogen) atoms. The molecule has 1 saturated heterocycles. The van der Waals surface area contributed by atoms with Crippen molar-refractivity contribution in [1.82, 2.24) is 15.1 Å². The van der Waals surface area contributed by atoms with Crippen LogP contribution in [0.5, 0.6) is 0 Å². The number of alkyl halides is 3. The molecule has 0 saturated carbocycles. The van der Waals surface area contributed by atoms with Crippen molar-refractivity contribution in [2.45, 2.75) is 19.5 Å². The number of piperazine rings is 1. The molecule has 0 aromatic carbocycles. The lowest BCUT2D eigenvalue weighted by molar-refractivity contribution is -0.158. The van der Waals surface area contributed by atoms with Crippen LogP contribution >= 0.6 is 0 Å². The molecule has 0 radical (unpaired) electrons. The van der Waals surface area contributed by atoms with Gasteiger partial charge in [0.25, 0.3) is 0 Å². The van der Waals surface area contributed by atoms with E-state index in [1.165, 1.54) is 11.8 Å². The van der Waals surface area contributed by atoms with Gasteiger partial charge in [-0.25, -0.2) is 0 Å². The van der Waals surface area contributed by atoms with E-state index in [0.717, 1.165) is 0 Å². The van der Waals surface area contributed by atoms with E-state index < -0.39 is 24.4 Å². The molecule has 0 aliphatic carbocycles. The number of carbonyl (C=O) groups is 1. The summed E-state index contributed by atoms with van der Waals surface area (Å²) in [5.41, 5.74) is 0. The summed E-state index contributed by atoms with van der Waals surface area (Å²) in [4.78, 5) is 15.5. The summed E-state index contributed by atoms with van der Waals surface area (Å²) in [6.07, 6.45) is -3.81. The second-order valence-corrected chi connectivity index (χ2v) is 5.11. The third-order valence-corrected chi connectivity index (χ3v) is 3.43. The number of hydrogen-bond donors (Lipinski definition) is 0. The number of nitrogens with zero attached hydrogens (tertiary/aromatic N) is 4. The van der Waals surface area contributed by atoms with Crippen LogP contribution in [0.2, 0.25) is 0 Å². The van der Waals surface area contributed by atoms with Crippen molar-refractivity contribution < 1.29 is 18.0 Å². The Balaban J connectivity index is 1.87. The van der Waals surface area contributed by atoms with Crippen LogP contribution in [-0.2, 0) is 4.79 Å². The summed E-state index contributed by atoms with van der Waals surface area (Å²) in [5, 5.41) is 7.76. The summed E-state index contributed by atoms with van der Waals surface area (Å²) < 4.78 is 37.0. The summed E-state index contributed by atoms with van der Waals surface area (Å²) in [6, 6.07) is 3.59. The fraction of sp³-hybridized carbons (Fsp3) is 0.615. The van der Waals surface area contributed by atoms with Crippen molar-refractivity contribution in [2.24, 2.45) is 5.92 Å². The maximum absolute atomic E-state index is 12.3. The maximum Gasteiger partial charge on any atom is 0.389 e. The van der Waals surface area contributed by atoms with Crippen LogP contribution in [0, 0.1) is 5.92 Å². The van der Waals surface area contributed by atoms with E-state index in [1.54, 1.807) is 12.3 Å². The van der Waals surface area contributed by atoms with Crippen LogP contribution in [0.4, 0.5) is 19.0 Å². The van der Waals surface area contributed by atoms with Gasteiger partial charge in [-0.2, -0.15) is 18.3 Å². The second kappa shape index (κ2) is 6.28. The number of anilines is 1. The van der Waals surface area contributed by atoms with Gasteiger partial charge in [0.2, 0.25) is 5.91 Å². The Morgan fingerprint density at radius 2 is 2.00 bits per heavy atom. The molecule has 0 unspecified atom stereocenters. The van der Waals surface area contributed by atoms with Gasteiger partial charge in [-0.05, 0) is 12.1 Å². The van der Waals surface area contributed by atoms with Gasteiger partial charge in [0, 0.05) is 38.3 Å². The minimum atomic E-state index is -4.31. The lowest BCUT2D eigenvalue weighted by atomic mass is 10.1. The molecule has 0 N–H and O–H groups in total. The number of aromatic nitrogens is 2. The van der Waals surface area contributed by atoms with Crippen molar-refractivity contribution in [2.75, 3.05) is 31.1 Å². The summed E-state index contributed by atoms with van der Waals surface area (Å²) >= 11 is 0. The molecule has 1 aliphatic rings. The third-order valence-electron chi connectivity index (χ3n) is 3.43. The van der Waals surface area contributed by atoms with Gasteiger partial charge in [0.15, 0.2) is 5.82 Å². The highest BCUT2D eigenvalue weighted by Gasteiger charge is 2.35. The topological polar surface area (TPSA) is 49.3 Å². The molecule has 0 spiro atoms. The van der Waals surface area contributed by atoms with Crippen molar-refractivity contribution >= 4 is 11.7 Å². The number of amides is 1. The van der Waals surface area contributed by atoms with E-state index in [2.05, 4.69) is 10.2 Å². The molecule has 2 rings (SSSR count). The first-order chi connectivity index (χ1) is 9.87. The monoisotopic (exact) mass is 302 g/mol. The van der Waals surface area contributed by atoms with Gasteiger partial charge < -0.3 is 9.80 Å². The zero-order chi connectivity index (χ0) is 15.5. The Labute approximate surface area is 120 Å². The third kappa shape index (κ3) is 4.30. The minimum Gasteiger partial charge on any atom is -0.352 e. The highest BCUT2D eigenvalue weighted by atomic mass is 19.4. The van der Waals surface area contributed by atoms with Gasteiger partial charge in [-0.15, -0.1) is 5.10 Å². The summed E-state index contributed by atoms with van der Waals surface area (Å²) in [7, 11) is 0. The quantitative estimate of drug-likeness (QED) is 0.853. The van der Waals surface area contributed by atoms with Gasteiger partial charge in [-0.3, -0.25) is 4.79 Å². The Kier molecular flexibility index (Phi) is 4.64. The number of halogens is 3. The SMILES string of the molecule is C[C@@H](CC(F)(F)F)C(=O)N1CCN(c2cccnn2)CC1. The van der Waals surface area contributed by atoms with Gasteiger partial charge >= 0.3 is 6.18 Å². The van der Waals surface area contributed by atoms with Gasteiger partial charge in [-0.1, -0.05) is 6.92 Å². The molecular weight excluding hydrogens is 285 g/mol. The molecule has 1 aromatic heterocycles. The van der Waals surface area contributed by atoms with Crippen LogP contribution in [0.3, 0.4) is 0 Å². The second-order valence-electron chi connectivity index (χ2n) is 5.11. The van der Waals surface area contributed by atoms with Crippen LogP contribution < -0.4 is 4.90 Å². The van der Waals surface area contributed by atoms with Crippen molar-refractivity contribution in [3.05, 3.63) is 18.3 Å². The molecule has 116 valence electrons. The molecule has 5 nitrogen and oxygen atoms in total. The average molecular weight is 302 g/mol. The lowest BCUT2D eigenvalue weighted by Crippen LogP contribution is -2.50. The van der Waals surface area contributed by atoms with Crippen LogP contribution in [0.15, 0.2) is 18.3 Å². The smallest absolute Gasteiger partial charge is 0.352 e. The Morgan fingerprint density at radius 1 is 1.33 bits per heavy atom. The predicted octanol–water partition coefficient (Wildman–Crippen LogP) is 1.71. The van der Waals surface area contributed by atoms with E-state index in [4.69, 9.17) is 0 Å². The van der Waals surface area contributed by atoms with E-state index in [9.17, 15) is 18.0 Å². The first-order valence-electron chi connectivity index (χ1n) is 6.75. The van der Waals surface area contributed by atoms with Crippen LogP contribution in [-0.4, -0.2) is 53.4 Å². The molecule has 0 bridgehead atoms. The number of carbonyl (C=O) groups excluding carboxylic acids is 1. The predicted molar refractivity (Wildman–Crippen MR) is 70.7 cm³/mol. The van der Waals surface area contributed by atoms with Crippen LogP contribution in [0.25, 0.3) is 0 Å². The molecule has 2 heterocycles. The van der Waals surface area contributed by atoms with Crippen molar-refractivity contribution in [3.8, 4) is 0 Å². The average Bonchev–Trinajstić information content (AvgIpc) is 2.46. The van der Waals surface area contributed by atoms with E-state index in [1.807, 2.05) is 11.0 Å². The Morgan fingerprint density at radius 3 is 2.52 bits per heavy atom. The molecule has 1 aliphatic heterocycles. The number of hydrogen-bond acceptors (Lipinski definition) is 4. The first kappa shape index (κ1) is 15.5. The lowest BCUT2D eigenvalue weighted by Gasteiger charge is -2.36. The standard InChI is InChI=1S/C13H17F3N4O/c1-10(9-13(14,15)16)12(21)20-7-5-19(6-8-20)11-3-2-4-17-18-11/h2-4,10H,5-9H2,1H3/t10-/m0/s1. The van der Waals surface area contributed by atoms with Crippen molar-refractivity contribution in [1.29, 1.82) is 0 Å². The highest BCUT2D eigenvalue weighted by Crippen LogP contribution is 2.26. The molecular formula is C13H17F3N4O. The zero-order valence-corrected chi connectivity index (χ0v) is 11.7. The van der Waals surface area contributed by atoms with Gasteiger partial charge in [0.1, 0.15) is 0 Å². The molecule has 1 atom stereocenters. The molecule has 1 amide bonds. The summed E-state index contributed by atoms with van der Waals surface area (Å²) in [6.45, 7) is 3.21. The number of rotatable bonds is 3. The Bertz CT molecular complexity index is 472. The van der Waals surface area contributed by atoms with Crippen molar-refractivity contribution in [3.63, 3.8) is 0 Å². The van der Waals surface area contributed by atoms with Gasteiger partial charge in [0.05, 0.1) is 6.42 Å². The summed E-state index contributed by atoms with van der Waals surface area (Å²) in [5.74, 6) is -0.757. The largest absolute Gasteiger partial charge is 0.389 e. The van der Waals surface area contributed by atoms with Crippen LogP contribution in [0.1, 0.15) is 13.3 Å². The highest BCUT2D eigenvalue weighted by molar-refractivity contribution is 5.78. The fourth-order valence-corrected chi connectivity index (χ4v) is 2.36. The normalized spacial score (nSPS) is 17.7. The molecule has 8 heteroatoms. The van der Waals surface area contributed by atoms with E-state index in [-0.39, 0.29) is 0 Å². The van der Waals surface area contributed by atoms with E-state index in [0.29, 0.717) is 32.0 Å². The minimum absolute atomic E-state index is 0.400. The molecule has 1 aromatic rings. The Hall–Kier alpha value is -1.86. The zero-order valence-electron chi connectivity index (χ0n) is 11.7. The molecule has 1 fully saturated rings. The van der Waals surface area contributed by atoms with E-state index >= 15 is 0 Å². The first-order valence-corrected chi connectivity index (χ1v) is 6.75.